The number of aromatic hydroxyl groups is 1. The van der Waals surface area contributed by atoms with Gasteiger partial charge in [0.15, 0.2) is 0 Å². The summed E-state index contributed by atoms with van der Waals surface area (Å²) in [6.45, 7) is 2.57. The van der Waals surface area contributed by atoms with Crippen molar-refractivity contribution in [3.63, 3.8) is 0 Å². The molecule has 6 aromatic heterocycles. The van der Waals surface area contributed by atoms with E-state index in [2.05, 4.69) is 25.3 Å². The molecule has 2 aromatic carbocycles. The Morgan fingerprint density at radius 3 is 1.89 bits per heavy atom. The van der Waals surface area contributed by atoms with Crippen LogP contribution in [0.5, 0.6) is 11.5 Å². The topological polar surface area (TPSA) is 222 Å². The number of pyridine rings is 6. The summed E-state index contributed by atoms with van der Waals surface area (Å²) in [4.78, 5) is 65.0. The number of fused-ring (bicyclic) bond motifs is 3. The monoisotopic (exact) mass is 921 g/mol. The molecule has 8 aromatic rings. The fraction of sp³-hybridized carbons (Fsp3) is 0.204. The minimum atomic E-state index is -0.525. The van der Waals surface area contributed by atoms with Crippen molar-refractivity contribution in [2.24, 2.45) is 0 Å². The number of hydrogen-bond acceptors (Lipinski definition) is 11. The number of nitrogens with one attached hydrogen (secondary N) is 2. The van der Waals surface area contributed by atoms with E-state index in [4.69, 9.17) is 33.2 Å². The van der Waals surface area contributed by atoms with E-state index in [1.165, 1.54) is 15.6 Å². The number of carbonyl (C=O) groups is 1. The van der Waals surface area contributed by atoms with E-state index < -0.39 is 22.6 Å². The first-order valence-corrected chi connectivity index (χ1v) is 21.5. The largest absolute Gasteiger partial charge is 0.506 e. The van der Waals surface area contributed by atoms with Gasteiger partial charge in [0.25, 0.3) is 22.6 Å². The molecule has 66 heavy (non-hydrogen) atoms. The number of aromatic amines is 1. The van der Waals surface area contributed by atoms with Crippen LogP contribution in [0.3, 0.4) is 0 Å². The average molecular weight is 923 g/mol. The van der Waals surface area contributed by atoms with Gasteiger partial charge >= 0.3 is 0 Å². The summed E-state index contributed by atoms with van der Waals surface area (Å²) in [5, 5.41) is 33.5. The molecule has 9 rings (SSSR count). The second-order valence-corrected chi connectivity index (χ2v) is 16.1. The molecule has 6 heterocycles. The van der Waals surface area contributed by atoms with Gasteiger partial charge in [-0.1, -0.05) is 84.4 Å². The third kappa shape index (κ3) is 9.93. The van der Waals surface area contributed by atoms with Gasteiger partial charge in [0.1, 0.15) is 57.3 Å². The molecule has 0 unspecified atom stereocenters. The Morgan fingerprint density at radius 2 is 1.29 bits per heavy atom. The van der Waals surface area contributed by atoms with Crippen LogP contribution in [0, 0.1) is 29.6 Å². The van der Waals surface area contributed by atoms with Crippen molar-refractivity contribution in [2.75, 3.05) is 7.11 Å². The molecular formula is C49H41Cl2N9O6. The molecule has 0 bridgehead atoms. The third-order valence-corrected chi connectivity index (χ3v) is 11.8. The summed E-state index contributed by atoms with van der Waals surface area (Å²) < 4.78 is 8.05. The summed E-state index contributed by atoms with van der Waals surface area (Å²) in [5.74, 6) is -0.0766. The summed E-state index contributed by atoms with van der Waals surface area (Å²) in [5.41, 5.74) is 2.33. The third-order valence-electron chi connectivity index (χ3n) is 11.0. The number of H-pyrrole nitrogens is 1. The summed E-state index contributed by atoms with van der Waals surface area (Å²) in [6.07, 6.45) is 9.82. The quantitative estimate of drug-likeness (QED) is 0.139. The minimum Gasteiger partial charge on any atom is -0.506 e. The Balaban J connectivity index is 0.000000156. The van der Waals surface area contributed by atoms with Crippen LogP contribution < -0.4 is 26.7 Å². The van der Waals surface area contributed by atoms with Crippen molar-refractivity contribution in [1.82, 2.24) is 34.4 Å². The highest BCUT2D eigenvalue weighted by Gasteiger charge is 2.26. The number of aromatic nitrogens is 6. The van der Waals surface area contributed by atoms with Gasteiger partial charge < -0.3 is 20.1 Å². The lowest BCUT2D eigenvalue weighted by molar-refractivity contribution is 0.0923. The number of nitriles is 2. The van der Waals surface area contributed by atoms with Crippen LogP contribution in [0.15, 0.2) is 118 Å². The van der Waals surface area contributed by atoms with Crippen molar-refractivity contribution in [1.29, 1.82) is 10.5 Å². The average Bonchev–Trinajstić information content (AvgIpc) is 3.33. The highest BCUT2D eigenvalue weighted by Crippen LogP contribution is 2.27. The van der Waals surface area contributed by atoms with Gasteiger partial charge in [-0.3, -0.25) is 28.3 Å². The van der Waals surface area contributed by atoms with E-state index in [-0.39, 0.29) is 45.1 Å². The summed E-state index contributed by atoms with van der Waals surface area (Å²) >= 11 is 12.0. The van der Waals surface area contributed by atoms with Gasteiger partial charge in [-0.05, 0) is 79.4 Å². The first kappa shape index (κ1) is 46.2. The highest BCUT2D eigenvalue weighted by atomic mass is 35.5. The molecule has 15 nitrogen and oxygen atoms in total. The number of carbonyl (C=O) groups excluding carboxylic acids is 1. The van der Waals surface area contributed by atoms with E-state index in [1.54, 1.807) is 68.2 Å². The fourth-order valence-electron chi connectivity index (χ4n) is 7.58. The molecule has 17 heteroatoms. The lowest BCUT2D eigenvalue weighted by Crippen LogP contribution is -2.40. The zero-order valence-corrected chi connectivity index (χ0v) is 37.2. The van der Waals surface area contributed by atoms with Crippen LogP contribution >= 0.6 is 23.2 Å². The van der Waals surface area contributed by atoms with E-state index in [9.17, 15) is 29.5 Å². The molecule has 1 aliphatic rings. The highest BCUT2D eigenvalue weighted by molar-refractivity contribution is 6.36. The molecule has 0 atom stereocenters. The molecule has 1 amide bonds. The van der Waals surface area contributed by atoms with Crippen molar-refractivity contribution >= 4 is 62.2 Å². The van der Waals surface area contributed by atoms with Crippen LogP contribution in [0.2, 0.25) is 10.0 Å². The predicted octanol–water partition coefficient (Wildman–Crippen LogP) is 7.95. The molecule has 332 valence electrons. The molecule has 0 spiro atoms. The van der Waals surface area contributed by atoms with Gasteiger partial charge in [-0.15, -0.1) is 0 Å². The molecule has 1 aliphatic carbocycles. The van der Waals surface area contributed by atoms with Gasteiger partial charge in [-0.2, -0.15) is 10.5 Å². The minimum absolute atomic E-state index is 0.0465. The van der Waals surface area contributed by atoms with Gasteiger partial charge in [0, 0.05) is 35.4 Å². The maximum atomic E-state index is 13.3. The number of rotatable bonds is 7. The Kier molecular flexibility index (Phi) is 14.5. The molecule has 0 aliphatic heterocycles. The fourth-order valence-corrected chi connectivity index (χ4v) is 8.13. The number of aryl methyl sites for hydroxylation is 1. The molecule has 1 saturated carbocycles. The van der Waals surface area contributed by atoms with Crippen LogP contribution in [0.4, 0.5) is 0 Å². The first-order chi connectivity index (χ1) is 31.9. The van der Waals surface area contributed by atoms with E-state index >= 15 is 0 Å². The predicted molar refractivity (Wildman–Crippen MR) is 252 cm³/mol. The van der Waals surface area contributed by atoms with Gasteiger partial charge in [-0.25, -0.2) is 15.0 Å². The lowest BCUT2D eigenvalue weighted by atomic mass is 9.95. The van der Waals surface area contributed by atoms with Crippen molar-refractivity contribution in [3.8, 4) is 23.6 Å². The Morgan fingerprint density at radius 1 is 0.758 bits per heavy atom. The molecule has 3 N–H and O–H groups in total. The number of benzene rings is 2. The number of nitrogens with zero attached hydrogens (tertiary/aromatic N) is 7. The maximum Gasteiger partial charge on any atom is 0.271 e. The smallest absolute Gasteiger partial charge is 0.271 e. The Labute approximate surface area is 387 Å². The SMILES string of the molecule is COc1ccc(Cn2c(=O)c(C#N)c(Cl)c3cccnc32)cc1.Cc1ccc(Cn2c(=O)c(C(=O)NC3CCCCC3)c(O)c3cccnc32)cc1.N#Cc1c(Cl)c2cccnc2[nH]c1=O. The first-order valence-electron chi connectivity index (χ1n) is 20.8. The van der Waals surface area contributed by atoms with Crippen molar-refractivity contribution < 1.29 is 14.6 Å². The second kappa shape index (κ2) is 20.8. The van der Waals surface area contributed by atoms with Gasteiger partial charge in [0.2, 0.25) is 0 Å². The molecule has 1 fully saturated rings. The molecular weight excluding hydrogens is 882 g/mol. The number of hydrogen-bond donors (Lipinski definition) is 3. The second-order valence-electron chi connectivity index (χ2n) is 15.4. The lowest BCUT2D eigenvalue weighted by Gasteiger charge is -2.23. The summed E-state index contributed by atoms with van der Waals surface area (Å²) in [6, 6.07) is 29.1. The van der Waals surface area contributed by atoms with Crippen LogP contribution in [0.25, 0.3) is 33.1 Å². The van der Waals surface area contributed by atoms with Crippen LogP contribution in [-0.2, 0) is 13.1 Å². The summed E-state index contributed by atoms with van der Waals surface area (Å²) in [7, 11) is 1.59. The Hall–Kier alpha value is -7.85. The molecule has 0 saturated heterocycles. The van der Waals surface area contributed by atoms with E-state index in [0.717, 1.165) is 48.1 Å². The number of halogens is 2. The van der Waals surface area contributed by atoms with E-state index in [1.807, 2.05) is 61.5 Å². The maximum absolute atomic E-state index is 13.3. The van der Waals surface area contributed by atoms with Crippen LogP contribution in [-0.4, -0.2) is 53.2 Å². The number of methoxy groups -OCH3 is 1. The number of ether oxygens (including phenoxy) is 1. The zero-order chi connectivity index (χ0) is 46.9. The molecule has 0 radical (unpaired) electrons. The van der Waals surface area contributed by atoms with Crippen molar-refractivity contribution in [3.05, 3.63) is 178 Å². The zero-order valence-electron chi connectivity index (χ0n) is 35.7. The standard InChI is InChI=1S/C23H25N3O3.C17H12ClN3O2.C9H4ClN3O/c1-15-9-11-16(12-10-15)14-26-21-18(8-5-13-24-21)20(27)19(23(26)29)22(28)25-17-6-3-2-4-7-17;1-23-12-6-4-11(5-7-12)10-21-16-13(3-2-8-20-16)15(18)14(9-19)17(21)22;10-7-5-2-1-3-12-8(5)13-9(14)6(7)4-11/h5,8-13,17,27H,2-4,6-7,14H2,1H3,(H,25,28);2-8H,10H2,1H3;1-3H,(H,12,13,14). The van der Waals surface area contributed by atoms with Gasteiger partial charge in [0.05, 0.1) is 35.6 Å². The van der Waals surface area contributed by atoms with E-state index in [0.29, 0.717) is 39.6 Å². The van der Waals surface area contributed by atoms with Crippen molar-refractivity contribution in [2.45, 2.75) is 58.2 Å². The Bertz CT molecular complexity index is 3370. The van der Waals surface area contributed by atoms with Crippen LogP contribution in [0.1, 0.15) is 70.3 Å². The normalized spacial score (nSPS) is 12.3. The number of amides is 1.